The highest BCUT2D eigenvalue weighted by atomic mass is 16.3. The second kappa shape index (κ2) is 6.00. The topological polar surface area (TPSA) is 65.8 Å². The monoisotopic (exact) mass is 311 g/mol. The number of carbonyl (C=O) groups excluding carboxylic acids is 2. The van der Waals surface area contributed by atoms with Gasteiger partial charge in [-0.15, -0.1) is 0 Å². The molecule has 0 saturated heterocycles. The summed E-state index contributed by atoms with van der Waals surface area (Å²) in [6, 6.07) is 11.0. The largest absolute Gasteiger partial charge is 0.467 e. The highest BCUT2D eigenvalue weighted by Gasteiger charge is 2.31. The smallest absolute Gasteiger partial charge is 0.277 e. The Kier molecular flexibility index (Phi) is 3.89. The van der Waals surface area contributed by atoms with Gasteiger partial charge < -0.3 is 14.6 Å². The molecule has 6 heteroatoms. The fraction of sp³-hybridized carbons (Fsp3) is 0.176. The molecule has 0 aliphatic carbocycles. The fourth-order valence-corrected chi connectivity index (χ4v) is 2.30. The summed E-state index contributed by atoms with van der Waals surface area (Å²) in [6.07, 6.45) is 2.82. The summed E-state index contributed by atoms with van der Waals surface area (Å²) in [4.78, 5) is 27.5. The van der Waals surface area contributed by atoms with Crippen molar-refractivity contribution >= 4 is 23.2 Å². The molecular weight excluding hydrogens is 294 g/mol. The summed E-state index contributed by atoms with van der Waals surface area (Å²) in [6.45, 7) is 0.131. The number of carbonyl (C=O) groups is 2. The molecule has 3 rings (SSSR count). The van der Waals surface area contributed by atoms with Crippen LogP contribution in [0.25, 0.3) is 0 Å². The van der Waals surface area contributed by atoms with E-state index in [1.165, 1.54) is 12.3 Å². The van der Waals surface area contributed by atoms with Crippen LogP contribution in [0.15, 0.2) is 58.9 Å². The van der Waals surface area contributed by atoms with Gasteiger partial charge in [-0.1, -0.05) is 0 Å². The average Bonchev–Trinajstić information content (AvgIpc) is 3.12. The second-order valence-corrected chi connectivity index (χ2v) is 5.43. The van der Waals surface area contributed by atoms with Crippen molar-refractivity contribution in [3.8, 4) is 0 Å². The number of hydrogen-bond acceptors (Lipinski definition) is 5. The van der Waals surface area contributed by atoms with E-state index in [4.69, 9.17) is 4.42 Å². The van der Waals surface area contributed by atoms with Crippen molar-refractivity contribution in [3.05, 3.63) is 60.2 Å². The minimum absolute atomic E-state index is 0.131. The first-order valence-corrected chi connectivity index (χ1v) is 7.19. The normalized spacial score (nSPS) is 14.2. The summed E-state index contributed by atoms with van der Waals surface area (Å²) in [5.74, 6) is -0.140. The van der Waals surface area contributed by atoms with E-state index in [1.54, 1.807) is 12.1 Å². The van der Waals surface area contributed by atoms with Crippen LogP contribution in [0.4, 0.5) is 11.4 Å². The molecule has 1 aromatic carbocycles. The number of benzene rings is 1. The van der Waals surface area contributed by atoms with Crippen LogP contribution < -0.4 is 10.2 Å². The molecule has 1 aliphatic heterocycles. The van der Waals surface area contributed by atoms with E-state index in [1.807, 2.05) is 43.3 Å². The number of imide groups is 1. The molecule has 0 saturated carbocycles. The van der Waals surface area contributed by atoms with E-state index in [0.29, 0.717) is 5.76 Å². The molecule has 0 radical (unpaired) electrons. The van der Waals surface area contributed by atoms with Gasteiger partial charge >= 0.3 is 0 Å². The Hall–Kier alpha value is -3.02. The maximum Gasteiger partial charge on any atom is 0.277 e. The summed E-state index contributed by atoms with van der Waals surface area (Å²) < 4.78 is 5.19. The Morgan fingerprint density at radius 2 is 1.87 bits per heavy atom. The number of hydrogen-bond donors (Lipinski definition) is 1. The lowest BCUT2D eigenvalue weighted by atomic mass is 10.2. The SMILES string of the molecule is CN(C)c1ccc(NC2=CC(=O)N(Cc3ccco3)C2=O)cc1. The molecule has 2 heterocycles. The van der Waals surface area contributed by atoms with Gasteiger partial charge in [0.15, 0.2) is 0 Å². The van der Waals surface area contributed by atoms with Crippen LogP contribution in [0.3, 0.4) is 0 Å². The minimum atomic E-state index is -0.358. The van der Waals surface area contributed by atoms with Gasteiger partial charge in [0.1, 0.15) is 11.5 Å². The van der Waals surface area contributed by atoms with Crippen LogP contribution in [-0.4, -0.2) is 30.8 Å². The van der Waals surface area contributed by atoms with Gasteiger partial charge in [0.2, 0.25) is 0 Å². The number of nitrogens with zero attached hydrogens (tertiary/aromatic N) is 2. The minimum Gasteiger partial charge on any atom is -0.467 e. The molecule has 2 amide bonds. The molecular formula is C17H17N3O3. The predicted molar refractivity (Wildman–Crippen MR) is 86.7 cm³/mol. The molecule has 2 aromatic rings. The second-order valence-electron chi connectivity index (χ2n) is 5.43. The molecule has 0 atom stereocenters. The van der Waals surface area contributed by atoms with E-state index in [9.17, 15) is 9.59 Å². The van der Waals surface area contributed by atoms with Crippen molar-refractivity contribution in [2.75, 3.05) is 24.3 Å². The van der Waals surface area contributed by atoms with Gasteiger partial charge in [0.25, 0.3) is 11.8 Å². The van der Waals surface area contributed by atoms with Crippen molar-refractivity contribution in [1.82, 2.24) is 4.90 Å². The number of anilines is 2. The third kappa shape index (κ3) is 3.11. The Labute approximate surface area is 134 Å². The molecule has 0 unspecified atom stereocenters. The van der Waals surface area contributed by atoms with Crippen LogP contribution in [0.2, 0.25) is 0 Å². The van der Waals surface area contributed by atoms with Crippen molar-refractivity contribution < 1.29 is 14.0 Å². The van der Waals surface area contributed by atoms with Crippen molar-refractivity contribution in [3.63, 3.8) is 0 Å². The van der Waals surface area contributed by atoms with Gasteiger partial charge in [0.05, 0.1) is 12.8 Å². The molecule has 118 valence electrons. The first kappa shape index (κ1) is 14.9. The summed E-state index contributed by atoms with van der Waals surface area (Å²) in [5.41, 5.74) is 2.07. The molecule has 0 bridgehead atoms. The molecule has 1 aromatic heterocycles. The van der Waals surface area contributed by atoms with E-state index in [2.05, 4.69) is 5.32 Å². The van der Waals surface area contributed by atoms with Gasteiger partial charge in [-0.25, -0.2) is 0 Å². The first-order chi connectivity index (χ1) is 11.0. The number of nitrogens with one attached hydrogen (secondary N) is 1. The van der Waals surface area contributed by atoms with Crippen LogP contribution in [-0.2, 0) is 16.1 Å². The Morgan fingerprint density at radius 3 is 2.48 bits per heavy atom. The zero-order valence-electron chi connectivity index (χ0n) is 12.9. The maximum absolute atomic E-state index is 12.3. The van der Waals surface area contributed by atoms with Crippen LogP contribution in [0, 0.1) is 0 Å². The Bertz CT molecular complexity index is 746. The average molecular weight is 311 g/mol. The van der Waals surface area contributed by atoms with E-state index < -0.39 is 0 Å². The van der Waals surface area contributed by atoms with Gasteiger partial charge in [-0.3, -0.25) is 14.5 Å². The number of rotatable bonds is 5. The predicted octanol–water partition coefficient (Wildman–Crippen LogP) is 2.21. The van der Waals surface area contributed by atoms with E-state index >= 15 is 0 Å². The van der Waals surface area contributed by atoms with E-state index in [-0.39, 0.29) is 24.1 Å². The molecule has 0 fully saturated rings. The maximum atomic E-state index is 12.3. The first-order valence-electron chi connectivity index (χ1n) is 7.19. The highest BCUT2D eigenvalue weighted by Crippen LogP contribution is 2.21. The fourth-order valence-electron chi connectivity index (χ4n) is 2.30. The number of furan rings is 1. The van der Waals surface area contributed by atoms with Crippen LogP contribution in [0.1, 0.15) is 5.76 Å². The number of amides is 2. The molecule has 23 heavy (non-hydrogen) atoms. The molecule has 1 N–H and O–H groups in total. The quantitative estimate of drug-likeness (QED) is 0.858. The van der Waals surface area contributed by atoms with Gasteiger partial charge in [-0.05, 0) is 36.4 Å². The molecule has 6 nitrogen and oxygen atoms in total. The summed E-state index contributed by atoms with van der Waals surface area (Å²) in [7, 11) is 3.91. The van der Waals surface area contributed by atoms with Crippen molar-refractivity contribution in [2.45, 2.75) is 6.54 Å². The molecule has 0 spiro atoms. The Balaban J connectivity index is 1.70. The van der Waals surface area contributed by atoms with Crippen molar-refractivity contribution in [1.29, 1.82) is 0 Å². The zero-order valence-corrected chi connectivity index (χ0v) is 12.9. The standard InChI is InChI=1S/C17H17N3O3/c1-19(2)13-7-5-12(6-8-13)18-15-10-16(21)20(17(15)22)11-14-4-3-9-23-14/h3-10,18H,11H2,1-2H3. The summed E-state index contributed by atoms with van der Waals surface area (Å²) in [5, 5.41) is 3.00. The third-order valence-corrected chi connectivity index (χ3v) is 3.57. The molecule has 1 aliphatic rings. The lowest BCUT2D eigenvalue weighted by Crippen LogP contribution is -2.31. The lowest BCUT2D eigenvalue weighted by molar-refractivity contribution is -0.138. The van der Waals surface area contributed by atoms with Crippen molar-refractivity contribution in [2.24, 2.45) is 0 Å². The zero-order chi connectivity index (χ0) is 16.4. The Morgan fingerprint density at radius 1 is 1.13 bits per heavy atom. The third-order valence-electron chi connectivity index (χ3n) is 3.57. The van der Waals surface area contributed by atoms with Crippen LogP contribution >= 0.6 is 0 Å². The highest BCUT2D eigenvalue weighted by molar-refractivity contribution is 6.17. The summed E-state index contributed by atoms with van der Waals surface area (Å²) >= 11 is 0. The van der Waals surface area contributed by atoms with E-state index in [0.717, 1.165) is 16.3 Å². The van der Waals surface area contributed by atoms with Gasteiger partial charge in [-0.2, -0.15) is 0 Å². The lowest BCUT2D eigenvalue weighted by Gasteiger charge is -2.15. The van der Waals surface area contributed by atoms with Crippen LogP contribution in [0.5, 0.6) is 0 Å². The van der Waals surface area contributed by atoms with Gasteiger partial charge in [0, 0.05) is 31.5 Å².